The number of urea groups is 1. The normalized spacial score (nSPS) is 20.6. The number of benzene rings is 1. The molecule has 1 aliphatic rings. The zero-order valence-electron chi connectivity index (χ0n) is 14.2. The van der Waals surface area contributed by atoms with Crippen LogP contribution in [0.3, 0.4) is 0 Å². The van der Waals surface area contributed by atoms with Crippen molar-refractivity contribution in [3.05, 3.63) is 55.2 Å². The van der Waals surface area contributed by atoms with Gasteiger partial charge >= 0.3 is 6.03 Å². The van der Waals surface area contributed by atoms with Gasteiger partial charge in [-0.25, -0.2) is 9.78 Å². The van der Waals surface area contributed by atoms with Crippen molar-refractivity contribution in [2.75, 3.05) is 18.4 Å². The Kier molecular flexibility index (Phi) is 4.09. The number of para-hydroxylation sites is 1. The number of hydrogen-bond donors (Lipinski definition) is 1. The quantitative estimate of drug-likeness (QED) is 0.779. The predicted octanol–water partition coefficient (Wildman–Crippen LogP) is 3.55. The molecule has 0 unspecified atom stereocenters. The Balaban J connectivity index is 1.53. The Bertz CT molecular complexity index is 871. The van der Waals surface area contributed by atoms with Crippen molar-refractivity contribution in [3.8, 4) is 0 Å². The van der Waals surface area contributed by atoms with Crippen molar-refractivity contribution in [2.45, 2.75) is 19.4 Å². The highest BCUT2D eigenvalue weighted by molar-refractivity contribution is 5.99. The van der Waals surface area contributed by atoms with Crippen LogP contribution in [0, 0.1) is 5.92 Å². The highest BCUT2D eigenvalue weighted by atomic mass is 16.2. The van der Waals surface area contributed by atoms with Gasteiger partial charge in [0.05, 0.1) is 23.6 Å². The van der Waals surface area contributed by atoms with Gasteiger partial charge in [0.15, 0.2) is 0 Å². The lowest BCUT2D eigenvalue weighted by Crippen LogP contribution is -2.45. The molecule has 0 radical (unpaired) electrons. The van der Waals surface area contributed by atoms with E-state index in [4.69, 9.17) is 0 Å². The summed E-state index contributed by atoms with van der Waals surface area (Å²) >= 11 is 0. The highest BCUT2D eigenvalue weighted by Gasteiger charge is 2.30. The van der Waals surface area contributed by atoms with E-state index in [1.54, 1.807) is 12.4 Å². The molecule has 1 aromatic carbocycles. The van der Waals surface area contributed by atoms with Gasteiger partial charge in [0.25, 0.3) is 0 Å². The molecule has 1 N–H and O–H groups in total. The van der Waals surface area contributed by atoms with Gasteiger partial charge in [-0.1, -0.05) is 25.1 Å². The van der Waals surface area contributed by atoms with Gasteiger partial charge in [0.2, 0.25) is 0 Å². The van der Waals surface area contributed by atoms with Crippen molar-refractivity contribution < 1.29 is 4.79 Å². The van der Waals surface area contributed by atoms with Gasteiger partial charge in [-0.05, 0) is 24.5 Å². The summed E-state index contributed by atoms with van der Waals surface area (Å²) < 4.78 is 2.10. The Morgan fingerprint density at radius 3 is 2.96 bits per heavy atom. The van der Waals surface area contributed by atoms with Crippen molar-refractivity contribution in [1.82, 2.24) is 19.4 Å². The average molecular weight is 335 g/mol. The number of likely N-dealkylation sites (tertiary alicyclic amines) is 1. The Morgan fingerprint density at radius 2 is 2.12 bits per heavy atom. The fourth-order valence-electron chi connectivity index (χ4n) is 3.49. The van der Waals surface area contributed by atoms with Crippen molar-refractivity contribution in [2.24, 2.45) is 5.92 Å². The molecule has 0 aliphatic carbocycles. The van der Waals surface area contributed by atoms with E-state index in [-0.39, 0.29) is 12.1 Å². The molecule has 4 rings (SSSR count). The second-order valence-electron chi connectivity index (χ2n) is 6.60. The summed E-state index contributed by atoms with van der Waals surface area (Å²) in [5.41, 5.74) is 1.57. The molecule has 3 aromatic rings. The van der Waals surface area contributed by atoms with Crippen LogP contribution in [0.15, 0.2) is 55.2 Å². The number of carbonyl (C=O) groups excluding carboxylic acids is 1. The van der Waals surface area contributed by atoms with Gasteiger partial charge < -0.3 is 14.8 Å². The maximum Gasteiger partial charge on any atom is 0.321 e. The van der Waals surface area contributed by atoms with Crippen molar-refractivity contribution in [1.29, 1.82) is 0 Å². The van der Waals surface area contributed by atoms with Crippen molar-refractivity contribution in [3.63, 3.8) is 0 Å². The fraction of sp³-hybridized carbons (Fsp3) is 0.316. The number of nitrogens with one attached hydrogen (secondary N) is 1. The molecular weight excluding hydrogens is 314 g/mol. The average Bonchev–Trinajstić information content (AvgIpc) is 3.17. The Labute approximate surface area is 146 Å². The van der Waals surface area contributed by atoms with Crippen LogP contribution < -0.4 is 5.32 Å². The molecular formula is C19H21N5O. The molecule has 6 heteroatoms. The molecule has 0 spiro atoms. The van der Waals surface area contributed by atoms with E-state index in [1.165, 1.54) is 0 Å². The maximum absolute atomic E-state index is 12.8. The topological polar surface area (TPSA) is 63.1 Å². The second-order valence-corrected chi connectivity index (χ2v) is 6.60. The Hall–Kier alpha value is -2.89. The standard InChI is InChI=1S/C19H21N5O/c1-14-7-10-23(12-17(14)24-11-9-20-13-24)19(25)22-16-6-2-4-15-5-3-8-21-18(15)16/h2-6,8-9,11,13-14,17H,7,10,12H2,1H3,(H,22,25)/t14-,17+/m0/s1. The molecule has 1 aliphatic heterocycles. The SMILES string of the molecule is C[C@H]1CCN(C(=O)Nc2cccc3cccnc23)C[C@H]1n1ccnc1. The molecule has 3 heterocycles. The molecule has 1 fully saturated rings. The number of imidazole rings is 1. The number of piperidine rings is 1. The molecule has 128 valence electrons. The molecule has 2 atom stereocenters. The lowest BCUT2D eigenvalue weighted by molar-refractivity contribution is 0.149. The largest absolute Gasteiger partial charge is 0.332 e. The first kappa shape index (κ1) is 15.6. The van der Waals surface area contributed by atoms with Crippen LogP contribution in [0.2, 0.25) is 0 Å². The minimum atomic E-state index is -0.0739. The van der Waals surface area contributed by atoms with E-state index in [0.29, 0.717) is 12.5 Å². The van der Waals surface area contributed by atoms with E-state index in [9.17, 15) is 4.79 Å². The van der Waals surface area contributed by atoms with E-state index < -0.39 is 0 Å². The third-order valence-electron chi connectivity index (χ3n) is 4.99. The van der Waals surface area contributed by atoms with Crippen LogP contribution in [-0.4, -0.2) is 38.6 Å². The molecule has 1 saturated heterocycles. The molecule has 25 heavy (non-hydrogen) atoms. The number of pyridine rings is 1. The van der Waals surface area contributed by atoms with Gasteiger partial charge in [0.1, 0.15) is 0 Å². The zero-order chi connectivity index (χ0) is 17.2. The summed E-state index contributed by atoms with van der Waals surface area (Å²) in [5, 5.41) is 4.05. The summed E-state index contributed by atoms with van der Waals surface area (Å²) in [7, 11) is 0. The summed E-state index contributed by atoms with van der Waals surface area (Å²) in [5.74, 6) is 0.512. The van der Waals surface area contributed by atoms with Gasteiger partial charge in [0, 0.05) is 37.1 Å². The number of carbonyl (C=O) groups is 1. The zero-order valence-corrected chi connectivity index (χ0v) is 14.2. The van der Waals surface area contributed by atoms with Gasteiger partial charge in [-0.15, -0.1) is 0 Å². The molecule has 0 saturated carbocycles. The number of hydrogen-bond acceptors (Lipinski definition) is 3. The van der Waals surface area contributed by atoms with Crippen LogP contribution in [-0.2, 0) is 0 Å². The summed E-state index contributed by atoms with van der Waals surface area (Å²) in [4.78, 5) is 23.2. The molecule has 2 aromatic heterocycles. The highest BCUT2D eigenvalue weighted by Crippen LogP contribution is 2.28. The summed E-state index contributed by atoms with van der Waals surface area (Å²) in [6.45, 7) is 3.67. The smallest absolute Gasteiger partial charge is 0.321 e. The number of amides is 2. The van der Waals surface area contributed by atoms with Crippen LogP contribution in [0.1, 0.15) is 19.4 Å². The number of fused-ring (bicyclic) bond motifs is 1. The molecule has 6 nitrogen and oxygen atoms in total. The fourth-order valence-corrected chi connectivity index (χ4v) is 3.49. The van der Waals surface area contributed by atoms with E-state index in [1.807, 2.05) is 47.8 Å². The first-order valence-electron chi connectivity index (χ1n) is 8.59. The number of rotatable bonds is 2. The second kappa shape index (κ2) is 6.55. The van der Waals surface area contributed by atoms with Crippen LogP contribution in [0.5, 0.6) is 0 Å². The first-order valence-corrected chi connectivity index (χ1v) is 8.59. The van der Waals surface area contributed by atoms with Crippen molar-refractivity contribution >= 4 is 22.6 Å². The summed E-state index contributed by atoms with van der Waals surface area (Å²) in [6.07, 6.45) is 8.31. The number of anilines is 1. The minimum Gasteiger partial charge on any atom is -0.332 e. The maximum atomic E-state index is 12.8. The van der Waals surface area contributed by atoms with Gasteiger partial charge in [-0.2, -0.15) is 0 Å². The van der Waals surface area contributed by atoms with E-state index in [0.717, 1.165) is 29.6 Å². The van der Waals surface area contributed by atoms with Crippen LogP contribution >= 0.6 is 0 Å². The minimum absolute atomic E-state index is 0.0739. The lowest BCUT2D eigenvalue weighted by atomic mass is 9.93. The van der Waals surface area contributed by atoms with E-state index >= 15 is 0 Å². The predicted molar refractivity (Wildman–Crippen MR) is 97.4 cm³/mol. The number of nitrogens with zero attached hydrogens (tertiary/aromatic N) is 4. The first-order chi connectivity index (χ1) is 12.2. The van der Waals surface area contributed by atoms with Gasteiger partial charge in [-0.3, -0.25) is 4.98 Å². The van der Waals surface area contributed by atoms with Crippen LogP contribution in [0.25, 0.3) is 10.9 Å². The van der Waals surface area contributed by atoms with E-state index in [2.05, 4.69) is 26.8 Å². The summed E-state index contributed by atoms with van der Waals surface area (Å²) in [6, 6.07) is 9.91. The molecule has 0 bridgehead atoms. The van der Waals surface area contributed by atoms with Crippen LogP contribution in [0.4, 0.5) is 10.5 Å². The third-order valence-corrected chi connectivity index (χ3v) is 4.99. The Morgan fingerprint density at radius 1 is 1.24 bits per heavy atom. The monoisotopic (exact) mass is 335 g/mol. The lowest BCUT2D eigenvalue weighted by Gasteiger charge is -2.37. The number of aromatic nitrogens is 3. The third kappa shape index (κ3) is 3.07. The molecule has 2 amide bonds.